The summed E-state index contributed by atoms with van der Waals surface area (Å²) in [4.78, 5) is 19.9. The number of hydrogen-bond donors (Lipinski definition) is 2. The van der Waals surface area contributed by atoms with Crippen molar-refractivity contribution >= 4 is 28.9 Å². The lowest BCUT2D eigenvalue weighted by atomic mass is 10.2. The number of aromatic nitrogens is 1. The van der Waals surface area contributed by atoms with Crippen molar-refractivity contribution in [1.82, 2.24) is 10.3 Å². The molecule has 2 aromatic rings. The van der Waals surface area contributed by atoms with Crippen LogP contribution in [0.3, 0.4) is 0 Å². The lowest BCUT2D eigenvalue weighted by Gasteiger charge is -2.28. The minimum absolute atomic E-state index is 0.0660. The fourth-order valence-electron chi connectivity index (χ4n) is 2.63. The number of carbonyl (C=O) groups excluding carboxylic acids is 1. The molecule has 128 valence electrons. The van der Waals surface area contributed by atoms with Crippen molar-refractivity contribution in [2.24, 2.45) is 0 Å². The van der Waals surface area contributed by atoms with Crippen LogP contribution in [0.2, 0.25) is 0 Å². The number of urea groups is 1. The van der Waals surface area contributed by atoms with Gasteiger partial charge in [0, 0.05) is 30.4 Å². The SMILES string of the molecule is C[C@@H](Cc1cccs1)NC(=O)Nc1ccc(N2CCOCC2)cn1. The molecule has 0 spiro atoms. The standard InChI is InChI=1S/C17H22N4O2S/c1-13(11-15-3-2-10-24-15)19-17(22)20-16-5-4-14(12-18-16)21-6-8-23-9-7-21/h2-5,10,12-13H,6-9,11H2,1H3,(H2,18,19,20,22)/t13-/m0/s1. The van der Waals surface area contributed by atoms with Crippen LogP contribution in [0, 0.1) is 0 Å². The Morgan fingerprint density at radius 3 is 2.88 bits per heavy atom. The second-order valence-electron chi connectivity index (χ2n) is 5.78. The zero-order chi connectivity index (χ0) is 16.8. The van der Waals surface area contributed by atoms with Crippen molar-refractivity contribution in [3.05, 3.63) is 40.7 Å². The van der Waals surface area contributed by atoms with Gasteiger partial charge in [-0.3, -0.25) is 5.32 Å². The number of nitrogens with one attached hydrogen (secondary N) is 2. The van der Waals surface area contributed by atoms with Gasteiger partial charge in [-0.15, -0.1) is 11.3 Å². The summed E-state index contributed by atoms with van der Waals surface area (Å²) in [5.74, 6) is 0.549. The van der Waals surface area contributed by atoms with Gasteiger partial charge in [-0.25, -0.2) is 9.78 Å². The van der Waals surface area contributed by atoms with Gasteiger partial charge in [-0.2, -0.15) is 0 Å². The summed E-state index contributed by atoms with van der Waals surface area (Å²) in [7, 11) is 0. The van der Waals surface area contributed by atoms with Crippen LogP contribution in [-0.2, 0) is 11.2 Å². The molecule has 6 nitrogen and oxygen atoms in total. The monoisotopic (exact) mass is 346 g/mol. The van der Waals surface area contributed by atoms with Gasteiger partial charge in [0.1, 0.15) is 5.82 Å². The van der Waals surface area contributed by atoms with Gasteiger partial charge in [-0.1, -0.05) is 6.07 Å². The van der Waals surface area contributed by atoms with Crippen LogP contribution in [0.15, 0.2) is 35.8 Å². The van der Waals surface area contributed by atoms with Gasteiger partial charge in [0.25, 0.3) is 0 Å². The Morgan fingerprint density at radius 1 is 1.38 bits per heavy atom. The van der Waals surface area contributed by atoms with E-state index in [1.165, 1.54) is 4.88 Å². The second-order valence-corrected chi connectivity index (χ2v) is 6.82. The first-order valence-corrected chi connectivity index (χ1v) is 8.97. The molecule has 2 amide bonds. The van der Waals surface area contributed by atoms with Gasteiger partial charge in [0.05, 0.1) is 25.1 Å². The maximum absolute atomic E-state index is 12.1. The molecule has 0 saturated carbocycles. The molecular weight excluding hydrogens is 324 g/mol. The third-order valence-corrected chi connectivity index (χ3v) is 4.73. The minimum Gasteiger partial charge on any atom is -0.378 e. The molecule has 3 rings (SSSR count). The normalized spacial score (nSPS) is 15.8. The largest absolute Gasteiger partial charge is 0.378 e. The molecule has 0 bridgehead atoms. The van der Waals surface area contributed by atoms with Gasteiger partial charge in [0.15, 0.2) is 0 Å². The summed E-state index contributed by atoms with van der Waals surface area (Å²) in [5, 5.41) is 7.76. The topological polar surface area (TPSA) is 66.5 Å². The third kappa shape index (κ3) is 4.69. The average Bonchev–Trinajstić information content (AvgIpc) is 3.09. The van der Waals surface area contributed by atoms with Crippen LogP contribution in [0.1, 0.15) is 11.8 Å². The molecule has 3 heterocycles. The van der Waals surface area contributed by atoms with Crippen molar-refractivity contribution in [1.29, 1.82) is 0 Å². The molecule has 0 aliphatic carbocycles. The Morgan fingerprint density at radius 2 is 2.21 bits per heavy atom. The van der Waals surface area contributed by atoms with E-state index in [9.17, 15) is 4.79 Å². The van der Waals surface area contributed by atoms with Gasteiger partial charge < -0.3 is 15.0 Å². The highest BCUT2D eigenvalue weighted by atomic mass is 32.1. The fourth-order valence-corrected chi connectivity index (χ4v) is 3.46. The summed E-state index contributed by atoms with van der Waals surface area (Å²) >= 11 is 1.70. The van der Waals surface area contributed by atoms with E-state index in [1.54, 1.807) is 17.5 Å². The van der Waals surface area contributed by atoms with E-state index in [4.69, 9.17) is 4.74 Å². The number of anilines is 2. The van der Waals surface area contributed by atoms with Crippen molar-refractivity contribution in [3.8, 4) is 0 Å². The smallest absolute Gasteiger partial charge is 0.320 e. The van der Waals surface area contributed by atoms with Crippen LogP contribution in [0.5, 0.6) is 0 Å². The summed E-state index contributed by atoms with van der Waals surface area (Å²) in [6.07, 6.45) is 2.62. The highest BCUT2D eigenvalue weighted by Crippen LogP contribution is 2.16. The van der Waals surface area contributed by atoms with E-state index in [2.05, 4.69) is 26.6 Å². The fraction of sp³-hybridized carbons (Fsp3) is 0.412. The van der Waals surface area contributed by atoms with Crippen molar-refractivity contribution < 1.29 is 9.53 Å². The predicted octanol–water partition coefficient (Wildman–Crippen LogP) is 2.73. The van der Waals surface area contributed by atoms with E-state index in [0.29, 0.717) is 5.82 Å². The van der Waals surface area contributed by atoms with Crippen LogP contribution in [0.25, 0.3) is 0 Å². The van der Waals surface area contributed by atoms with E-state index < -0.39 is 0 Å². The molecule has 2 aromatic heterocycles. The molecule has 1 aliphatic heterocycles. The lowest BCUT2D eigenvalue weighted by molar-refractivity contribution is 0.122. The van der Waals surface area contributed by atoms with E-state index in [-0.39, 0.29) is 12.1 Å². The number of ether oxygens (including phenoxy) is 1. The first-order chi connectivity index (χ1) is 11.7. The Kier molecular flexibility index (Phi) is 5.66. The Bertz CT molecular complexity index is 639. The van der Waals surface area contributed by atoms with Crippen LogP contribution >= 0.6 is 11.3 Å². The molecule has 7 heteroatoms. The molecule has 24 heavy (non-hydrogen) atoms. The molecule has 0 radical (unpaired) electrons. The summed E-state index contributed by atoms with van der Waals surface area (Å²) in [6.45, 7) is 5.22. The summed E-state index contributed by atoms with van der Waals surface area (Å²) < 4.78 is 5.35. The lowest BCUT2D eigenvalue weighted by Crippen LogP contribution is -2.37. The number of carbonyl (C=O) groups is 1. The van der Waals surface area contributed by atoms with Gasteiger partial charge >= 0.3 is 6.03 Å². The first kappa shape index (κ1) is 16.7. The second kappa shape index (κ2) is 8.12. The molecule has 1 aliphatic rings. The molecule has 1 atom stereocenters. The van der Waals surface area contributed by atoms with E-state index in [0.717, 1.165) is 38.4 Å². The molecule has 1 saturated heterocycles. The number of pyridine rings is 1. The molecule has 0 aromatic carbocycles. The Labute approximate surface area is 145 Å². The van der Waals surface area contributed by atoms with Crippen LogP contribution in [-0.4, -0.2) is 43.4 Å². The zero-order valence-electron chi connectivity index (χ0n) is 13.7. The quantitative estimate of drug-likeness (QED) is 0.874. The van der Waals surface area contributed by atoms with Gasteiger partial charge in [-0.05, 0) is 30.5 Å². The number of morpholine rings is 1. The van der Waals surface area contributed by atoms with Gasteiger partial charge in [0.2, 0.25) is 0 Å². The Hall–Kier alpha value is -2.12. The highest BCUT2D eigenvalue weighted by molar-refractivity contribution is 7.09. The Balaban J connectivity index is 1.48. The minimum atomic E-state index is -0.231. The number of nitrogens with zero attached hydrogens (tertiary/aromatic N) is 2. The van der Waals surface area contributed by atoms with E-state index >= 15 is 0 Å². The van der Waals surface area contributed by atoms with Crippen molar-refractivity contribution in [2.75, 3.05) is 36.5 Å². The molecule has 0 unspecified atom stereocenters. The van der Waals surface area contributed by atoms with Crippen LogP contribution in [0.4, 0.5) is 16.3 Å². The first-order valence-electron chi connectivity index (χ1n) is 8.09. The maximum Gasteiger partial charge on any atom is 0.320 e. The average molecular weight is 346 g/mol. The number of rotatable bonds is 5. The number of thiophene rings is 1. The molecule has 2 N–H and O–H groups in total. The molecule has 1 fully saturated rings. The number of amides is 2. The third-order valence-electron chi connectivity index (χ3n) is 3.83. The van der Waals surface area contributed by atoms with Crippen LogP contribution < -0.4 is 15.5 Å². The summed E-state index contributed by atoms with van der Waals surface area (Å²) in [6, 6.07) is 7.73. The highest BCUT2D eigenvalue weighted by Gasteiger charge is 2.12. The predicted molar refractivity (Wildman–Crippen MR) is 96.9 cm³/mol. The maximum atomic E-state index is 12.1. The zero-order valence-corrected chi connectivity index (χ0v) is 14.5. The van der Waals surface area contributed by atoms with E-state index in [1.807, 2.05) is 30.5 Å². The number of hydrogen-bond acceptors (Lipinski definition) is 5. The molecular formula is C17H22N4O2S. The van der Waals surface area contributed by atoms with Crippen molar-refractivity contribution in [3.63, 3.8) is 0 Å². The summed E-state index contributed by atoms with van der Waals surface area (Å²) in [5.41, 5.74) is 1.05. The van der Waals surface area contributed by atoms with Crippen molar-refractivity contribution in [2.45, 2.75) is 19.4 Å².